The van der Waals surface area contributed by atoms with E-state index in [9.17, 15) is 4.79 Å². The molecule has 90 valence electrons. The summed E-state index contributed by atoms with van der Waals surface area (Å²) >= 11 is 0. The van der Waals surface area contributed by atoms with Crippen LogP contribution in [0, 0.1) is 0 Å². The standard InChI is InChI=1S/C12H9N3O3/c1-15-9-5-3-2-4-7(9)10(14-15)11-13-8(6-18-11)12(16)17/h2-6H,1H3,(H,16,17). The molecule has 18 heavy (non-hydrogen) atoms. The first-order chi connectivity index (χ1) is 8.66. The summed E-state index contributed by atoms with van der Waals surface area (Å²) in [5, 5.41) is 14.0. The minimum atomic E-state index is -1.12. The summed E-state index contributed by atoms with van der Waals surface area (Å²) in [5.74, 6) is -0.908. The van der Waals surface area contributed by atoms with Gasteiger partial charge in [-0.25, -0.2) is 9.78 Å². The van der Waals surface area contributed by atoms with Crippen molar-refractivity contribution in [2.24, 2.45) is 7.05 Å². The lowest BCUT2D eigenvalue weighted by Crippen LogP contribution is -1.96. The van der Waals surface area contributed by atoms with Crippen LogP contribution in [0.2, 0.25) is 0 Å². The topological polar surface area (TPSA) is 81.2 Å². The smallest absolute Gasteiger partial charge is 0.357 e. The van der Waals surface area contributed by atoms with Crippen LogP contribution in [-0.2, 0) is 7.05 Å². The fourth-order valence-electron chi connectivity index (χ4n) is 1.85. The predicted molar refractivity (Wildman–Crippen MR) is 63.2 cm³/mol. The number of fused-ring (bicyclic) bond motifs is 1. The van der Waals surface area contributed by atoms with E-state index in [0.29, 0.717) is 5.69 Å². The first-order valence-electron chi connectivity index (χ1n) is 5.28. The van der Waals surface area contributed by atoms with E-state index < -0.39 is 5.97 Å². The first-order valence-corrected chi connectivity index (χ1v) is 5.28. The van der Waals surface area contributed by atoms with Crippen molar-refractivity contribution in [3.8, 4) is 11.6 Å². The summed E-state index contributed by atoms with van der Waals surface area (Å²) in [6.45, 7) is 0. The summed E-state index contributed by atoms with van der Waals surface area (Å²) in [6.07, 6.45) is 1.11. The highest BCUT2D eigenvalue weighted by atomic mass is 16.4. The van der Waals surface area contributed by atoms with Crippen molar-refractivity contribution in [2.75, 3.05) is 0 Å². The maximum atomic E-state index is 10.8. The summed E-state index contributed by atoms with van der Waals surface area (Å²) in [4.78, 5) is 14.7. The van der Waals surface area contributed by atoms with Gasteiger partial charge in [-0.3, -0.25) is 4.68 Å². The van der Waals surface area contributed by atoms with Crippen molar-refractivity contribution in [2.45, 2.75) is 0 Å². The largest absolute Gasteiger partial charge is 0.476 e. The van der Waals surface area contributed by atoms with Crippen molar-refractivity contribution in [1.82, 2.24) is 14.8 Å². The minimum Gasteiger partial charge on any atom is -0.476 e. The van der Waals surface area contributed by atoms with Gasteiger partial charge in [0.25, 0.3) is 0 Å². The fraction of sp³-hybridized carbons (Fsp3) is 0.0833. The molecule has 0 radical (unpaired) electrons. The number of hydrogen-bond donors (Lipinski definition) is 1. The van der Waals surface area contributed by atoms with Gasteiger partial charge in [-0.15, -0.1) is 0 Å². The van der Waals surface area contributed by atoms with Crippen molar-refractivity contribution in [1.29, 1.82) is 0 Å². The Balaban J connectivity index is 2.22. The van der Waals surface area contributed by atoms with Crippen LogP contribution in [0.3, 0.4) is 0 Å². The molecule has 0 bridgehead atoms. The molecule has 0 aliphatic rings. The zero-order valence-corrected chi connectivity index (χ0v) is 9.49. The van der Waals surface area contributed by atoms with Crippen LogP contribution < -0.4 is 0 Å². The van der Waals surface area contributed by atoms with E-state index >= 15 is 0 Å². The van der Waals surface area contributed by atoms with Crippen LogP contribution in [0.1, 0.15) is 10.5 Å². The molecule has 0 amide bonds. The van der Waals surface area contributed by atoms with Gasteiger partial charge in [0.15, 0.2) is 11.4 Å². The number of carbonyl (C=O) groups is 1. The predicted octanol–water partition coefficient (Wildman–Crippen LogP) is 1.93. The van der Waals surface area contributed by atoms with E-state index in [-0.39, 0.29) is 11.6 Å². The lowest BCUT2D eigenvalue weighted by atomic mass is 10.2. The third-order valence-electron chi connectivity index (χ3n) is 2.68. The highest BCUT2D eigenvalue weighted by Gasteiger charge is 2.17. The Labute approximate surface area is 101 Å². The Morgan fingerprint density at radius 3 is 2.89 bits per heavy atom. The molecule has 3 aromatic rings. The first kappa shape index (κ1) is 10.5. The summed E-state index contributed by atoms with van der Waals surface area (Å²) in [6, 6.07) is 7.61. The molecular weight excluding hydrogens is 234 g/mol. The molecule has 1 N–H and O–H groups in total. The molecule has 0 unspecified atom stereocenters. The van der Waals surface area contributed by atoms with Gasteiger partial charge >= 0.3 is 5.97 Å². The normalized spacial score (nSPS) is 10.9. The van der Waals surface area contributed by atoms with E-state index in [1.165, 1.54) is 0 Å². The number of oxazole rings is 1. The molecule has 6 nitrogen and oxygen atoms in total. The second-order valence-corrected chi connectivity index (χ2v) is 3.83. The second-order valence-electron chi connectivity index (χ2n) is 3.83. The number of hydrogen-bond acceptors (Lipinski definition) is 4. The van der Waals surface area contributed by atoms with E-state index in [1.54, 1.807) is 4.68 Å². The molecule has 0 saturated carbocycles. The average molecular weight is 243 g/mol. The highest BCUT2D eigenvalue weighted by Crippen LogP contribution is 2.26. The zero-order valence-electron chi connectivity index (χ0n) is 9.49. The van der Waals surface area contributed by atoms with Crippen LogP contribution in [0.25, 0.3) is 22.5 Å². The van der Waals surface area contributed by atoms with Crippen LogP contribution in [0.4, 0.5) is 0 Å². The Bertz CT molecular complexity index is 742. The molecule has 3 rings (SSSR count). The van der Waals surface area contributed by atoms with Gasteiger partial charge in [0, 0.05) is 12.4 Å². The Kier molecular flexibility index (Phi) is 2.16. The average Bonchev–Trinajstić information content (AvgIpc) is 2.95. The van der Waals surface area contributed by atoms with Gasteiger partial charge in [0.1, 0.15) is 6.26 Å². The Hall–Kier alpha value is -2.63. The Morgan fingerprint density at radius 2 is 2.17 bits per heavy atom. The van der Waals surface area contributed by atoms with Crippen LogP contribution in [0.5, 0.6) is 0 Å². The number of carboxylic acids is 1. The molecular formula is C12H9N3O3. The number of nitrogens with zero attached hydrogens (tertiary/aromatic N) is 3. The van der Waals surface area contributed by atoms with Gasteiger partial charge in [0.2, 0.25) is 5.89 Å². The molecule has 0 saturated heterocycles. The molecule has 0 atom stereocenters. The number of benzene rings is 1. The fourth-order valence-corrected chi connectivity index (χ4v) is 1.85. The number of rotatable bonds is 2. The lowest BCUT2D eigenvalue weighted by Gasteiger charge is -1.90. The van der Waals surface area contributed by atoms with Gasteiger partial charge in [0.05, 0.1) is 5.52 Å². The maximum Gasteiger partial charge on any atom is 0.357 e. The van der Waals surface area contributed by atoms with Gasteiger partial charge < -0.3 is 9.52 Å². The van der Waals surface area contributed by atoms with E-state index in [4.69, 9.17) is 9.52 Å². The second kappa shape index (κ2) is 3.69. The van der Waals surface area contributed by atoms with E-state index in [1.807, 2.05) is 31.3 Å². The molecule has 1 aromatic carbocycles. The van der Waals surface area contributed by atoms with Gasteiger partial charge in [-0.2, -0.15) is 5.10 Å². The number of para-hydroxylation sites is 1. The summed E-state index contributed by atoms with van der Waals surface area (Å²) in [7, 11) is 1.81. The van der Waals surface area contributed by atoms with Crippen molar-refractivity contribution >= 4 is 16.9 Å². The molecule has 2 heterocycles. The molecule has 2 aromatic heterocycles. The lowest BCUT2D eigenvalue weighted by molar-refractivity contribution is 0.0690. The van der Waals surface area contributed by atoms with Gasteiger partial charge in [-0.05, 0) is 6.07 Å². The number of aromatic carboxylic acids is 1. The monoisotopic (exact) mass is 243 g/mol. The molecule has 0 spiro atoms. The third kappa shape index (κ3) is 1.46. The SMILES string of the molecule is Cn1nc(-c2nc(C(=O)O)co2)c2ccccc21. The Morgan fingerprint density at radius 1 is 1.39 bits per heavy atom. The number of aromatic nitrogens is 3. The van der Waals surface area contributed by atoms with Crippen LogP contribution in [-0.4, -0.2) is 25.8 Å². The van der Waals surface area contributed by atoms with Gasteiger partial charge in [-0.1, -0.05) is 18.2 Å². The zero-order chi connectivity index (χ0) is 12.7. The molecule has 0 aliphatic carbocycles. The number of aryl methyl sites for hydroxylation is 1. The third-order valence-corrected chi connectivity index (χ3v) is 2.68. The van der Waals surface area contributed by atoms with Crippen LogP contribution >= 0.6 is 0 Å². The summed E-state index contributed by atoms with van der Waals surface area (Å²) < 4.78 is 6.87. The minimum absolute atomic E-state index is 0.125. The maximum absolute atomic E-state index is 10.8. The van der Waals surface area contributed by atoms with Crippen molar-refractivity contribution < 1.29 is 14.3 Å². The molecule has 0 aliphatic heterocycles. The van der Waals surface area contributed by atoms with Crippen molar-refractivity contribution in [3.63, 3.8) is 0 Å². The highest BCUT2D eigenvalue weighted by molar-refractivity contribution is 5.92. The van der Waals surface area contributed by atoms with Crippen molar-refractivity contribution in [3.05, 3.63) is 36.2 Å². The van der Waals surface area contributed by atoms with E-state index in [0.717, 1.165) is 17.2 Å². The number of carboxylic acid groups (broad SMARTS) is 1. The summed E-state index contributed by atoms with van der Waals surface area (Å²) in [5.41, 5.74) is 1.35. The van der Waals surface area contributed by atoms with Crippen LogP contribution in [0.15, 0.2) is 34.9 Å². The molecule has 6 heteroatoms. The molecule has 0 fully saturated rings. The quantitative estimate of drug-likeness (QED) is 0.743. The van der Waals surface area contributed by atoms with E-state index in [2.05, 4.69) is 10.1 Å².